The first-order valence-electron chi connectivity index (χ1n) is 5.70. The van der Waals surface area contributed by atoms with Crippen molar-refractivity contribution in [2.24, 2.45) is 5.92 Å². The number of ketones is 2. The molecule has 0 saturated heterocycles. The van der Waals surface area contributed by atoms with Crippen molar-refractivity contribution in [3.8, 4) is 0 Å². The van der Waals surface area contributed by atoms with Gasteiger partial charge in [-0.1, -0.05) is 20.3 Å². The van der Waals surface area contributed by atoms with Crippen molar-refractivity contribution < 1.29 is 14.0 Å². The normalized spacial score (nSPS) is 20.3. The average Bonchev–Trinajstić information content (AvgIpc) is 2.18. The highest BCUT2D eigenvalue weighted by Gasteiger charge is 2.39. The number of halogens is 1. The van der Waals surface area contributed by atoms with Crippen LogP contribution in [0.25, 0.3) is 0 Å². The molecule has 1 rings (SSSR count). The molecule has 0 atom stereocenters. The van der Waals surface area contributed by atoms with Gasteiger partial charge in [0.25, 0.3) is 0 Å². The molecule has 0 N–H and O–H groups in total. The standard InChI is InChI=1S/C12H19FO2/c1-9(2)10(14)8-11(15)12(13)6-4-3-5-7-12/h9H,3-8H2,1-2H3. The molecule has 0 amide bonds. The van der Waals surface area contributed by atoms with E-state index in [0.717, 1.165) is 19.3 Å². The largest absolute Gasteiger partial charge is 0.299 e. The number of alkyl halides is 1. The number of carbonyl (C=O) groups excluding carboxylic acids is 2. The van der Waals surface area contributed by atoms with Gasteiger partial charge < -0.3 is 0 Å². The molecular formula is C12H19FO2. The van der Waals surface area contributed by atoms with Gasteiger partial charge in [0.05, 0.1) is 6.42 Å². The third kappa shape index (κ3) is 3.11. The predicted octanol–water partition coefficient (Wildman–Crippen LogP) is 2.84. The minimum Gasteiger partial charge on any atom is -0.299 e. The van der Waals surface area contributed by atoms with E-state index < -0.39 is 11.5 Å². The number of hydrogen-bond acceptors (Lipinski definition) is 2. The first-order chi connectivity index (χ1) is 6.96. The lowest BCUT2D eigenvalue weighted by Crippen LogP contribution is -2.37. The number of rotatable bonds is 4. The zero-order valence-electron chi connectivity index (χ0n) is 9.51. The summed E-state index contributed by atoms with van der Waals surface area (Å²) < 4.78 is 14.1. The molecular weight excluding hydrogens is 195 g/mol. The first kappa shape index (κ1) is 12.3. The molecule has 0 radical (unpaired) electrons. The highest BCUT2D eigenvalue weighted by Crippen LogP contribution is 2.33. The van der Waals surface area contributed by atoms with Crippen LogP contribution in [0.2, 0.25) is 0 Å². The number of Topliss-reactive ketones (excluding diaryl/α,β-unsaturated/α-hetero) is 2. The molecule has 0 aromatic heterocycles. The van der Waals surface area contributed by atoms with Crippen LogP contribution in [0.4, 0.5) is 4.39 Å². The lowest BCUT2D eigenvalue weighted by molar-refractivity contribution is -0.137. The number of carbonyl (C=O) groups is 2. The Hall–Kier alpha value is -0.730. The van der Waals surface area contributed by atoms with Gasteiger partial charge in [0, 0.05) is 5.92 Å². The number of hydrogen-bond donors (Lipinski definition) is 0. The van der Waals surface area contributed by atoms with Crippen LogP contribution in [0.1, 0.15) is 52.4 Å². The van der Waals surface area contributed by atoms with Crippen LogP contribution in [-0.2, 0) is 9.59 Å². The fourth-order valence-corrected chi connectivity index (χ4v) is 1.91. The Kier molecular flexibility index (Phi) is 4.00. The molecule has 1 fully saturated rings. The van der Waals surface area contributed by atoms with Crippen LogP contribution in [0.15, 0.2) is 0 Å². The lowest BCUT2D eigenvalue weighted by Gasteiger charge is -2.27. The highest BCUT2D eigenvalue weighted by atomic mass is 19.1. The second-order valence-electron chi connectivity index (χ2n) is 4.75. The van der Waals surface area contributed by atoms with Gasteiger partial charge >= 0.3 is 0 Å². The van der Waals surface area contributed by atoms with Gasteiger partial charge in [0.1, 0.15) is 5.78 Å². The Balaban J connectivity index is 2.55. The summed E-state index contributed by atoms with van der Waals surface area (Å²) in [5, 5.41) is 0. The molecule has 0 aromatic carbocycles. The SMILES string of the molecule is CC(C)C(=O)CC(=O)C1(F)CCCCC1. The van der Waals surface area contributed by atoms with Crippen molar-refractivity contribution in [2.45, 2.75) is 58.0 Å². The second-order valence-corrected chi connectivity index (χ2v) is 4.75. The molecule has 1 saturated carbocycles. The zero-order valence-corrected chi connectivity index (χ0v) is 9.51. The molecule has 1 aliphatic carbocycles. The Morgan fingerprint density at radius 1 is 1.20 bits per heavy atom. The Morgan fingerprint density at radius 3 is 2.20 bits per heavy atom. The summed E-state index contributed by atoms with van der Waals surface area (Å²) >= 11 is 0. The molecule has 0 heterocycles. The van der Waals surface area contributed by atoms with E-state index in [9.17, 15) is 14.0 Å². The quantitative estimate of drug-likeness (QED) is 0.674. The Bertz CT molecular complexity index is 252. The smallest absolute Gasteiger partial charge is 0.177 e. The molecule has 0 aromatic rings. The van der Waals surface area contributed by atoms with Crippen LogP contribution in [-0.4, -0.2) is 17.2 Å². The maximum atomic E-state index is 14.1. The maximum Gasteiger partial charge on any atom is 0.177 e. The van der Waals surface area contributed by atoms with Crippen LogP contribution in [0.3, 0.4) is 0 Å². The van der Waals surface area contributed by atoms with Gasteiger partial charge in [-0.05, 0) is 25.7 Å². The monoisotopic (exact) mass is 214 g/mol. The van der Waals surface area contributed by atoms with E-state index in [0.29, 0.717) is 12.8 Å². The minimum atomic E-state index is -1.71. The maximum absolute atomic E-state index is 14.1. The second kappa shape index (κ2) is 4.86. The predicted molar refractivity (Wildman–Crippen MR) is 56.4 cm³/mol. The van der Waals surface area contributed by atoms with E-state index in [1.54, 1.807) is 13.8 Å². The summed E-state index contributed by atoms with van der Waals surface area (Å²) in [7, 11) is 0. The Labute approximate surface area is 90.2 Å². The fraction of sp³-hybridized carbons (Fsp3) is 0.833. The summed E-state index contributed by atoms with van der Waals surface area (Å²) in [6.45, 7) is 3.47. The minimum absolute atomic E-state index is 0.150. The zero-order chi connectivity index (χ0) is 11.5. The van der Waals surface area contributed by atoms with Crippen molar-refractivity contribution in [1.29, 1.82) is 0 Å². The van der Waals surface area contributed by atoms with Crippen molar-refractivity contribution in [1.82, 2.24) is 0 Å². The van der Waals surface area contributed by atoms with Crippen molar-refractivity contribution in [3.63, 3.8) is 0 Å². The summed E-state index contributed by atoms with van der Waals surface area (Å²) in [6.07, 6.45) is 2.90. The van der Waals surface area contributed by atoms with Gasteiger partial charge in [0.2, 0.25) is 0 Å². The first-order valence-corrected chi connectivity index (χ1v) is 5.70. The lowest BCUT2D eigenvalue weighted by atomic mass is 9.81. The molecule has 86 valence electrons. The molecule has 3 heteroatoms. The summed E-state index contributed by atoms with van der Waals surface area (Å²) in [5.41, 5.74) is -1.71. The van der Waals surface area contributed by atoms with Crippen molar-refractivity contribution >= 4 is 11.6 Å². The topological polar surface area (TPSA) is 34.1 Å². The fourth-order valence-electron chi connectivity index (χ4n) is 1.91. The van der Waals surface area contributed by atoms with Crippen LogP contribution in [0.5, 0.6) is 0 Å². The van der Waals surface area contributed by atoms with E-state index in [2.05, 4.69) is 0 Å². The summed E-state index contributed by atoms with van der Waals surface area (Å²) in [6, 6.07) is 0. The van der Waals surface area contributed by atoms with Crippen LogP contribution < -0.4 is 0 Å². The molecule has 0 aliphatic heterocycles. The summed E-state index contributed by atoms with van der Waals surface area (Å²) in [5.74, 6) is -0.829. The molecule has 1 aliphatic rings. The van der Waals surface area contributed by atoms with E-state index in [4.69, 9.17) is 0 Å². The van der Waals surface area contributed by atoms with Gasteiger partial charge in [0.15, 0.2) is 11.5 Å². The van der Waals surface area contributed by atoms with Crippen LogP contribution in [0, 0.1) is 5.92 Å². The molecule has 15 heavy (non-hydrogen) atoms. The van der Waals surface area contributed by atoms with E-state index in [-0.39, 0.29) is 18.1 Å². The molecule has 0 bridgehead atoms. The molecule has 2 nitrogen and oxygen atoms in total. The third-order valence-electron chi connectivity index (χ3n) is 3.12. The highest BCUT2D eigenvalue weighted by molar-refractivity contribution is 6.03. The molecule has 0 spiro atoms. The Morgan fingerprint density at radius 2 is 1.73 bits per heavy atom. The van der Waals surface area contributed by atoms with Gasteiger partial charge in [-0.2, -0.15) is 0 Å². The van der Waals surface area contributed by atoms with Gasteiger partial charge in [-0.15, -0.1) is 0 Å². The summed E-state index contributed by atoms with van der Waals surface area (Å²) in [4.78, 5) is 23.0. The van der Waals surface area contributed by atoms with Crippen molar-refractivity contribution in [2.75, 3.05) is 0 Å². The van der Waals surface area contributed by atoms with E-state index in [1.807, 2.05) is 0 Å². The average molecular weight is 214 g/mol. The van der Waals surface area contributed by atoms with Gasteiger partial charge in [-0.25, -0.2) is 4.39 Å². The third-order valence-corrected chi connectivity index (χ3v) is 3.12. The van der Waals surface area contributed by atoms with E-state index in [1.165, 1.54) is 0 Å². The van der Waals surface area contributed by atoms with Crippen LogP contribution >= 0.6 is 0 Å². The van der Waals surface area contributed by atoms with Crippen molar-refractivity contribution in [3.05, 3.63) is 0 Å². The van der Waals surface area contributed by atoms with Gasteiger partial charge in [-0.3, -0.25) is 9.59 Å². The van der Waals surface area contributed by atoms with E-state index >= 15 is 0 Å². The molecule has 0 unspecified atom stereocenters.